The van der Waals surface area contributed by atoms with E-state index in [1.807, 2.05) is 30.3 Å². The minimum atomic E-state index is -0.147. The maximum Gasteiger partial charge on any atom is 0.286 e. The smallest absolute Gasteiger partial charge is 0.286 e. The number of ether oxygens (including phenoxy) is 1. The molecule has 23 heavy (non-hydrogen) atoms. The third-order valence-electron chi connectivity index (χ3n) is 4.09. The van der Waals surface area contributed by atoms with E-state index in [1.54, 1.807) is 7.11 Å². The van der Waals surface area contributed by atoms with Crippen LogP contribution in [0.2, 0.25) is 0 Å². The second-order valence-corrected chi connectivity index (χ2v) is 6.52. The molecule has 1 aromatic rings. The number of benzene rings is 1. The fourth-order valence-electron chi connectivity index (χ4n) is 2.67. The van der Waals surface area contributed by atoms with Crippen molar-refractivity contribution in [3.05, 3.63) is 34.7 Å². The zero-order valence-electron chi connectivity index (χ0n) is 13.5. The van der Waals surface area contributed by atoms with Crippen LogP contribution in [0.15, 0.2) is 34.2 Å². The Kier molecular flexibility index (Phi) is 5.03. The molecule has 1 amide bonds. The number of hydrogen-bond acceptors (Lipinski definition) is 5. The molecule has 1 saturated heterocycles. The molecule has 6 heteroatoms. The summed E-state index contributed by atoms with van der Waals surface area (Å²) in [6.45, 7) is 7.17. The average molecular weight is 331 g/mol. The summed E-state index contributed by atoms with van der Waals surface area (Å²) in [4.78, 5) is 21.7. The van der Waals surface area contributed by atoms with Gasteiger partial charge in [0.15, 0.2) is 5.17 Å². The van der Waals surface area contributed by atoms with Crippen LogP contribution in [0, 0.1) is 0 Å². The van der Waals surface area contributed by atoms with Crippen LogP contribution in [0.3, 0.4) is 0 Å². The molecule has 0 unspecified atom stereocenters. The highest BCUT2D eigenvalue weighted by molar-refractivity contribution is 8.18. The Morgan fingerprint density at radius 2 is 2.09 bits per heavy atom. The van der Waals surface area contributed by atoms with Crippen LogP contribution < -0.4 is 4.74 Å². The SMILES string of the molecule is CCN1CCN(C2=NC(=O)/C(=C/c3cccc(OC)c3)S2)CC1. The number of aliphatic imine (C=N–C) groups is 1. The summed E-state index contributed by atoms with van der Waals surface area (Å²) in [7, 11) is 1.64. The van der Waals surface area contributed by atoms with Gasteiger partial charge in [-0.05, 0) is 42.1 Å². The Hall–Kier alpha value is -1.79. The molecule has 0 bridgehead atoms. The number of thioether (sulfide) groups is 1. The van der Waals surface area contributed by atoms with Gasteiger partial charge in [0.2, 0.25) is 0 Å². The highest BCUT2D eigenvalue weighted by Crippen LogP contribution is 2.31. The quantitative estimate of drug-likeness (QED) is 0.795. The van der Waals surface area contributed by atoms with E-state index in [2.05, 4.69) is 21.7 Å². The zero-order valence-corrected chi connectivity index (χ0v) is 14.3. The van der Waals surface area contributed by atoms with Gasteiger partial charge < -0.3 is 14.5 Å². The molecule has 0 radical (unpaired) electrons. The topological polar surface area (TPSA) is 45.1 Å². The Morgan fingerprint density at radius 1 is 1.30 bits per heavy atom. The number of amides is 1. The van der Waals surface area contributed by atoms with Crippen molar-refractivity contribution in [1.82, 2.24) is 9.80 Å². The van der Waals surface area contributed by atoms with Crippen molar-refractivity contribution in [3.8, 4) is 5.75 Å². The first kappa shape index (κ1) is 16.1. The van der Waals surface area contributed by atoms with Gasteiger partial charge in [0, 0.05) is 26.2 Å². The van der Waals surface area contributed by atoms with E-state index in [4.69, 9.17) is 4.74 Å². The maximum absolute atomic E-state index is 12.2. The van der Waals surface area contributed by atoms with E-state index in [9.17, 15) is 4.79 Å². The van der Waals surface area contributed by atoms with Crippen LogP contribution in [-0.4, -0.2) is 60.7 Å². The van der Waals surface area contributed by atoms with E-state index in [-0.39, 0.29) is 5.91 Å². The Morgan fingerprint density at radius 3 is 2.78 bits per heavy atom. The summed E-state index contributed by atoms with van der Waals surface area (Å²) < 4.78 is 5.22. The van der Waals surface area contributed by atoms with Crippen molar-refractivity contribution in [3.63, 3.8) is 0 Å². The Balaban J connectivity index is 1.69. The molecular formula is C17H21N3O2S. The summed E-state index contributed by atoms with van der Waals surface area (Å²) >= 11 is 1.47. The lowest BCUT2D eigenvalue weighted by molar-refractivity contribution is -0.113. The van der Waals surface area contributed by atoms with E-state index in [0.29, 0.717) is 4.91 Å². The summed E-state index contributed by atoms with van der Waals surface area (Å²) in [6, 6.07) is 7.68. The number of hydrogen-bond donors (Lipinski definition) is 0. The molecule has 0 atom stereocenters. The van der Waals surface area contributed by atoms with Crippen molar-refractivity contribution in [2.45, 2.75) is 6.92 Å². The summed E-state index contributed by atoms with van der Waals surface area (Å²) in [6.07, 6.45) is 1.88. The zero-order chi connectivity index (χ0) is 16.2. The van der Waals surface area contributed by atoms with Gasteiger partial charge in [0.05, 0.1) is 12.0 Å². The first-order valence-electron chi connectivity index (χ1n) is 7.83. The molecule has 0 N–H and O–H groups in total. The molecule has 0 aliphatic carbocycles. The molecule has 0 spiro atoms. The van der Waals surface area contributed by atoms with Crippen LogP contribution in [0.1, 0.15) is 12.5 Å². The molecule has 3 rings (SSSR count). The monoisotopic (exact) mass is 331 g/mol. The van der Waals surface area contributed by atoms with Crippen molar-refractivity contribution in [2.75, 3.05) is 39.8 Å². The number of carbonyl (C=O) groups excluding carboxylic acids is 1. The fourth-order valence-corrected chi connectivity index (χ4v) is 3.64. The number of methoxy groups -OCH3 is 1. The summed E-state index contributed by atoms with van der Waals surface area (Å²) in [5.41, 5.74) is 0.951. The predicted octanol–water partition coefficient (Wildman–Crippen LogP) is 2.30. The minimum Gasteiger partial charge on any atom is -0.497 e. The van der Waals surface area contributed by atoms with Gasteiger partial charge in [-0.1, -0.05) is 19.1 Å². The molecule has 122 valence electrons. The highest BCUT2D eigenvalue weighted by Gasteiger charge is 2.28. The molecule has 1 fully saturated rings. The van der Waals surface area contributed by atoms with Crippen LogP contribution in [0.4, 0.5) is 0 Å². The summed E-state index contributed by atoms with van der Waals surface area (Å²) in [5.74, 6) is 0.636. The number of likely N-dealkylation sites (N-methyl/N-ethyl adjacent to an activating group) is 1. The standard InChI is InChI=1S/C17H21N3O2S/c1-3-19-7-9-20(10-8-19)17-18-16(21)15(23-17)12-13-5-4-6-14(11-13)22-2/h4-6,11-12H,3,7-10H2,1-2H3/b15-12-. The van der Waals surface area contributed by atoms with Crippen LogP contribution in [0.5, 0.6) is 5.75 Å². The molecule has 5 nitrogen and oxygen atoms in total. The van der Waals surface area contributed by atoms with Gasteiger partial charge in [-0.2, -0.15) is 4.99 Å². The Labute approximate surface area is 141 Å². The van der Waals surface area contributed by atoms with E-state index in [1.165, 1.54) is 11.8 Å². The van der Waals surface area contributed by atoms with Crippen LogP contribution >= 0.6 is 11.8 Å². The molecule has 1 aromatic carbocycles. The number of amidine groups is 1. The molecule has 2 aliphatic rings. The molecule has 2 aliphatic heterocycles. The van der Waals surface area contributed by atoms with Gasteiger partial charge >= 0.3 is 0 Å². The third-order valence-corrected chi connectivity index (χ3v) is 5.14. The molecule has 0 saturated carbocycles. The van der Waals surface area contributed by atoms with E-state index < -0.39 is 0 Å². The van der Waals surface area contributed by atoms with Crippen LogP contribution in [0.25, 0.3) is 6.08 Å². The number of nitrogens with zero attached hydrogens (tertiary/aromatic N) is 3. The van der Waals surface area contributed by atoms with Gasteiger partial charge in [-0.15, -0.1) is 0 Å². The highest BCUT2D eigenvalue weighted by atomic mass is 32.2. The predicted molar refractivity (Wildman–Crippen MR) is 94.7 cm³/mol. The second-order valence-electron chi connectivity index (χ2n) is 5.51. The normalized spacial score (nSPS) is 21.0. The number of carbonyl (C=O) groups is 1. The number of piperazine rings is 1. The van der Waals surface area contributed by atoms with Gasteiger partial charge in [-0.25, -0.2) is 0 Å². The van der Waals surface area contributed by atoms with E-state index >= 15 is 0 Å². The van der Waals surface area contributed by atoms with Crippen molar-refractivity contribution < 1.29 is 9.53 Å². The first-order valence-corrected chi connectivity index (χ1v) is 8.65. The van der Waals surface area contributed by atoms with Gasteiger partial charge in [0.1, 0.15) is 5.75 Å². The lowest BCUT2D eigenvalue weighted by atomic mass is 10.2. The first-order chi connectivity index (χ1) is 11.2. The average Bonchev–Trinajstić information content (AvgIpc) is 2.96. The lowest BCUT2D eigenvalue weighted by Gasteiger charge is -2.34. The van der Waals surface area contributed by atoms with Crippen molar-refractivity contribution in [1.29, 1.82) is 0 Å². The fraction of sp³-hybridized carbons (Fsp3) is 0.412. The number of rotatable bonds is 3. The van der Waals surface area contributed by atoms with Crippen molar-refractivity contribution in [2.24, 2.45) is 4.99 Å². The largest absolute Gasteiger partial charge is 0.497 e. The maximum atomic E-state index is 12.2. The third kappa shape index (κ3) is 3.76. The van der Waals surface area contributed by atoms with Crippen molar-refractivity contribution >= 4 is 28.9 Å². The minimum absolute atomic E-state index is 0.147. The second kappa shape index (κ2) is 7.19. The van der Waals surface area contributed by atoms with Gasteiger partial charge in [0.25, 0.3) is 5.91 Å². The molecule has 2 heterocycles. The van der Waals surface area contributed by atoms with Crippen LogP contribution in [-0.2, 0) is 4.79 Å². The van der Waals surface area contributed by atoms with Gasteiger partial charge in [-0.3, -0.25) is 4.79 Å². The van der Waals surface area contributed by atoms with E-state index in [0.717, 1.165) is 49.2 Å². The lowest BCUT2D eigenvalue weighted by Crippen LogP contribution is -2.47. The summed E-state index contributed by atoms with van der Waals surface area (Å²) in [5, 5.41) is 0.833. The Bertz CT molecular complexity index is 649. The molecular weight excluding hydrogens is 310 g/mol. The molecule has 0 aromatic heterocycles.